The summed E-state index contributed by atoms with van der Waals surface area (Å²) < 4.78 is 2.67. The van der Waals surface area contributed by atoms with Gasteiger partial charge in [0, 0.05) is 17.4 Å². The fourth-order valence-electron chi connectivity index (χ4n) is 6.89. The van der Waals surface area contributed by atoms with E-state index in [1.165, 1.54) is 69.4 Å². The van der Waals surface area contributed by atoms with Crippen molar-refractivity contribution in [3.05, 3.63) is 11.6 Å². The molecule has 0 amide bonds. The Morgan fingerprint density at radius 3 is 1.91 bits per heavy atom. The van der Waals surface area contributed by atoms with E-state index in [2.05, 4.69) is 18.4 Å². The summed E-state index contributed by atoms with van der Waals surface area (Å²) in [5.41, 5.74) is 0.861. The smallest absolute Gasteiger partial charge is 0.139 e. The van der Waals surface area contributed by atoms with Gasteiger partial charge in [-0.15, -0.1) is 10.2 Å². The van der Waals surface area contributed by atoms with Crippen LogP contribution < -0.4 is 0 Å². The Hall–Kier alpha value is -0.860. The topological polar surface area (TPSA) is 30.7 Å². The number of hydrogen-bond donors (Lipinski definition) is 0. The summed E-state index contributed by atoms with van der Waals surface area (Å²) in [6.45, 7) is 4.79. The third-order valence-corrected chi connectivity index (χ3v) is 7.97. The molecule has 3 heteroatoms. The highest BCUT2D eigenvalue weighted by atomic mass is 15.3. The number of aromatic nitrogens is 3. The Labute approximate surface area is 139 Å². The summed E-state index contributed by atoms with van der Waals surface area (Å²) in [5.74, 6) is 6.42. The SMILES string of the molecule is CC1(C)C[C@H]1c1nnc(C23CC4CC(CC(C4)C2)C3)n1C1CC1. The molecule has 7 rings (SSSR count). The van der Waals surface area contributed by atoms with E-state index in [1.54, 1.807) is 0 Å². The average molecular weight is 311 g/mol. The molecule has 0 spiro atoms. The van der Waals surface area contributed by atoms with Crippen LogP contribution in [0, 0.1) is 23.2 Å². The molecule has 6 aliphatic rings. The monoisotopic (exact) mass is 311 g/mol. The highest BCUT2D eigenvalue weighted by molar-refractivity contribution is 5.25. The molecule has 0 saturated heterocycles. The quantitative estimate of drug-likeness (QED) is 0.817. The molecule has 1 heterocycles. The maximum absolute atomic E-state index is 4.91. The third-order valence-electron chi connectivity index (χ3n) is 7.97. The van der Waals surface area contributed by atoms with Crippen molar-refractivity contribution in [1.82, 2.24) is 14.8 Å². The molecule has 23 heavy (non-hydrogen) atoms. The largest absolute Gasteiger partial charge is 0.311 e. The molecule has 1 atom stereocenters. The predicted molar refractivity (Wildman–Crippen MR) is 89.3 cm³/mol. The van der Waals surface area contributed by atoms with E-state index >= 15 is 0 Å². The predicted octanol–water partition coefficient (Wildman–Crippen LogP) is 4.59. The highest BCUT2D eigenvalue weighted by Crippen LogP contribution is 2.63. The van der Waals surface area contributed by atoms with Gasteiger partial charge in [0.05, 0.1) is 0 Å². The molecule has 1 aromatic heterocycles. The lowest BCUT2D eigenvalue weighted by atomic mass is 9.49. The lowest BCUT2D eigenvalue weighted by Gasteiger charge is -2.56. The molecule has 124 valence electrons. The minimum absolute atomic E-state index is 0.404. The average Bonchev–Trinajstić information content (AvgIpc) is 3.36. The molecule has 0 N–H and O–H groups in total. The van der Waals surface area contributed by atoms with Crippen molar-refractivity contribution in [1.29, 1.82) is 0 Å². The molecular weight excluding hydrogens is 282 g/mol. The fraction of sp³-hybridized carbons (Fsp3) is 0.900. The summed E-state index contributed by atoms with van der Waals surface area (Å²) in [5, 5.41) is 9.71. The molecule has 0 unspecified atom stereocenters. The zero-order valence-electron chi connectivity index (χ0n) is 14.6. The maximum Gasteiger partial charge on any atom is 0.139 e. The Kier molecular flexibility index (Phi) is 2.35. The van der Waals surface area contributed by atoms with Gasteiger partial charge in [0.2, 0.25) is 0 Å². The van der Waals surface area contributed by atoms with Gasteiger partial charge in [0.15, 0.2) is 0 Å². The minimum Gasteiger partial charge on any atom is -0.311 e. The van der Waals surface area contributed by atoms with Crippen LogP contribution in [0.15, 0.2) is 0 Å². The first-order valence-electron chi connectivity index (χ1n) is 9.99. The van der Waals surface area contributed by atoms with Crippen molar-refractivity contribution in [2.45, 2.75) is 89.0 Å². The van der Waals surface area contributed by atoms with Gasteiger partial charge in [-0.25, -0.2) is 0 Å². The van der Waals surface area contributed by atoms with E-state index in [0.29, 0.717) is 16.7 Å². The zero-order valence-corrected chi connectivity index (χ0v) is 14.6. The van der Waals surface area contributed by atoms with Gasteiger partial charge >= 0.3 is 0 Å². The number of rotatable bonds is 3. The normalized spacial score (nSPS) is 46.3. The van der Waals surface area contributed by atoms with Gasteiger partial charge in [0.25, 0.3) is 0 Å². The Balaban J connectivity index is 1.45. The minimum atomic E-state index is 0.404. The molecule has 4 bridgehead atoms. The van der Waals surface area contributed by atoms with Crippen LogP contribution in [0.3, 0.4) is 0 Å². The summed E-state index contributed by atoms with van der Waals surface area (Å²) >= 11 is 0. The van der Waals surface area contributed by atoms with Gasteiger partial charge in [-0.3, -0.25) is 0 Å². The first-order chi connectivity index (χ1) is 11.0. The van der Waals surface area contributed by atoms with E-state index in [9.17, 15) is 0 Å². The Morgan fingerprint density at radius 1 is 0.870 bits per heavy atom. The van der Waals surface area contributed by atoms with Crippen molar-refractivity contribution < 1.29 is 0 Å². The standard InChI is InChI=1S/C20H29N3/c1-19(2)11-16(19)17-21-22-18(23(17)15-3-4-15)20-8-12-5-13(9-20)7-14(6-12)10-20/h12-16H,3-11H2,1-2H3/t12?,13?,14?,16-,20?/m0/s1. The first kappa shape index (κ1) is 13.4. The Morgan fingerprint density at radius 2 is 1.43 bits per heavy atom. The van der Waals surface area contributed by atoms with Gasteiger partial charge in [-0.2, -0.15) is 0 Å². The lowest BCUT2D eigenvalue weighted by Crippen LogP contribution is -2.49. The van der Waals surface area contributed by atoms with Gasteiger partial charge in [0.1, 0.15) is 11.6 Å². The van der Waals surface area contributed by atoms with Crippen molar-refractivity contribution in [2.24, 2.45) is 23.2 Å². The summed E-state index contributed by atoms with van der Waals surface area (Å²) in [6.07, 6.45) is 12.8. The van der Waals surface area contributed by atoms with Crippen molar-refractivity contribution in [3.8, 4) is 0 Å². The van der Waals surface area contributed by atoms with E-state index in [0.717, 1.165) is 23.8 Å². The molecular formula is C20H29N3. The van der Waals surface area contributed by atoms with Gasteiger partial charge in [-0.05, 0) is 81.0 Å². The molecule has 6 fully saturated rings. The van der Waals surface area contributed by atoms with Gasteiger partial charge < -0.3 is 4.57 Å². The fourth-order valence-corrected chi connectivity index (χ4v) is 6.89. The van der Waals surface area contributed by atoms with E-state index in [-0.39, 0.29) is 0 Å². The van der Waals surface area contributed by atoms with Crippen LogP contribution in [0.25, 0.3) is 0 Å². The molecule has 3 nitrogen and oxygen atoms in total. The Bertz CT molecular complexity index is 631. The summed E-state index contributed by atoms with van der Waals surface area (Å²) in [7, 11) is 0. The van der Waals surface area contributed by atoms with Crippen LogP contribution >= 0.6 is 0 Å². The second kappa shape index (κ2) is 4.03. The van der Waals surface area contributed by atoms with Gasteiger partial charge in [-0.1, -0.05) is 13.8 Å². The van der Waals surface area contributed by atoms with Crippen LogP contribution in [0.1, 0.15) is 95.2 Å². The van der Waals surface area contributed by atoms with Crippen LogP contribution in [0.4, 0.5) is 0 Å². The summed E-state index contributed by atoms with van der Waals surface area (Å²) in [4.78, 5) is 0. The zero-order chi connectivity index (χ0) is 15.4. The van der Waals surface area contributed by atoms with Crippen LogP contribution in [-0.2, 0) is 5.41 Å². The van der Waals surface area contributed by atoms with E-state index in [4.69, 9.17) is 10.2 Å². The van der Waals surface area contributed by atoms with E-state index in [1.807, 2.05) is 0 Å². The lowest BCUT2D eigenvalue weighted by molar-refractivity contribution is -0.0113. The van der Waals surface area contributed by atoms with Crippen molar-refractivity contribution >= 4 is 0 Å². The second-order valence-electron chi connectivity index (χ2n) is 10.4. The van der Waals surface area contributed by atoms with Crippen molar-refractivity contribution in [2.75, 3.05) is 0 Å². The second-order valence-corrected chi connectivity index (χ2v) is 10.4. The first-order valence-corrected chi connectivity index (χ1v) is 9.99. The molecule has 0 aliphatic heterocycles. The molecule has 0 radical (unpaired) electrons. The van der Waals surface area contributed by atoms with Crippen LogP contribution in [0.2, 0.25) is 0 Å². The molecule has 1 aromatic rings. The van der Waals surface area contributed by atoms with Crippen LogP contribution in [-0.4, -0.2) is 14.8 Å². The molecule has 0 aromatic carbocycles. The number of hydrogen-bond acceptors (Lipinski definition) is 2. The van der Waals surface area contributed by atoms with E-state index < -0.39 is 0 Å². The highest BCUT2D eigenvalue weighted by Gasteiger charge is 2.56. The van der Waals surface area contributed by atoms with Crippen LogP contribution in [0.5, 0.6) is 0 Å². The maximum atomic E-state index is 4.91. The molecule has 6 saturated carbocycles. The summed E-state index contributed by atoms with van der Waals surface area (Å²) in [6, 6.07) is 0.736. The molecule has 6 aliphatic carbocycles. The van der Waals surface area contributed by atoms with Crippen molar-refractivity contribution in [3.63, 3.8) is 0 Å². The third kappa shape index (κ3) is 1.83. The number of nitrogens with zero attached hydrogens (tertiary/aromatic N) is 3.